The molecule has 1 aromatic rings. The summed E-state index contributed by atoms with van der Waals surface area (Å²) in [4.78, 5) is 0. The molecule has 0 heterocycles. The zero-order valence-corrected chi connectivity index (χ0v) is 14.0. The molecule has 0 spiro atoms. The number of benzene rings is 1. The molecule has 1 aromatic carbocycles. The fourth-order valence-electron chi connectivity index (χ4n) is 2.60. The SMILES string of the molecule is CCCCCCCCc1cc(=C(C#N)C#N)ccc1=C(C#N)C#N. The summed E-state index contributed by atoms with van der Waals surface area (Å²) in [5.41, 5.74) is 0.961. The van der Waals surface area contributed by atoms with E-state index in [9.17, 15) is 0 Å². The van der Waals surface area contributed by atoms with Crippen LogP contribution in [-0.4, -0.2) is 0 Å². The van der Waals surface area contributed by atoms with Crippen LogP contribution in [0.5, 0.6) is 0 Å². The summed E-state index contributed by atoms with van der Waals surface area (Å²) in [5, 5.41) is 37.4. The average molecular weight is 316 g/mol. The molecule has 0 fully saturated rings. The second kappa shape index (κ2) is 10.6. The van der Waals surface area contributed by atoms with E-state index in [4.69, 9.17) is 21.0 Å². The van der Waals surface area contributed by atoms with Gasteiger partial charge in [0.25, 0.3) is 0 Å². The minimum atomic E-state index is 0.0428. The Balaban J connectivity index is 3.18. The van der Waals surface area contributed by atoms with Crippen LogP contribution in [0.25, 0.3) is 11.1 Å². The number of hydrogen-bond acceptors (Lipinski definition) is 4. The molecule has 4 nitrogen and oxygen atoms in total. The fourth-order valence-corrected chi connectivity index (χ4v) is 2.60. The average Bonchev–Trinajstić information content (AvgIpc) is 2.61. The highest BCUT2D eigenvalue weighted by molar-refractivity contribution is 5.75. The smallest absolute Gasteiger partial charge is 0.137 e. The van der Waals surface area contributed by atoms with Crippen LogP contribution in [0, 0.1) is 45.3 Å². The zero-order chi connectivity index (χ0) is 17.8. The van der Waals surface area contributed by atoms with Gasteiger partial charge in [0.2, 0.25) is 0 Å². The summed E-state index contributed by atoms with van der Waals surface area (Å²) < 4.78 is 0. The van der Waals surface area contributed by atoms with Gasteiger partial charge < -0.3 is 0 Å². The first kappa shape index (κ1) is 19.0. The standard InChI is InChI=1S/C20H20N4/c1-2-3-4-5-6-7-8-17-11-16(18(12-21)13-22)9-10-20(17)19(14-23)15-24/h9-11H,2-8H2,1H3. The highest BCUT2D eigenvalue weighted by atomic mass is 14.3. The van der Waals surface area contributed by atoms with Crippen molar-refractivity contribution in [3.8, 4) is 24.3 Å². The Morgan fingerprint density at radius 1 is 0.792 bits per heavy atom. The summed E-state index contributed by atoms with van der Waals surface area (Å²) in [6.07, 6.45) is 7.61. The number of aryl methyl sites for hydroxylation is 1. The molecule has 0 aromatic heterocycles. The van der Waals surface area contributed by atoms with Crippen LogP contribution < -0.4 is 10.4 Å². The lowest BCUT2D eigenvalue weighted by atomic mass is 9.99. The molecule has 0 aliphatic rings. The largest absolute Gasteiger partial charge is 0.192 e. The lowest BCUT2D eigenvalue weighted by Gasteiger charge is -2.04. The highest BCUT2D eigenvalue weighted by Crippen LogP contribution is 2.08. The topological polar surface area (TPSA) is 95.2 Å². The van der Waals surface area contributed by atoms with E-state index in [-0.39, 0.29) is 11.1 Å². The van der Waals surface area contributed by atoms with Crippen molar-refractivity contribution in [2.24, 2.45) is 0 Å². The molecule has 0 unspecified atom stereocenters. The highest BCUT2D eigenvalue weighted by Gasteiger charge is 2.04. The van der Waals surface area contributed by atoms with Gasteiger partial charge >= 0.3 is 0 Å². The molecular formula is C20H20N4. The maximum atomic E-state index is 9.12. The minimum Gasteiger partial charge on any atom is -0.192 e. The van der Waals surface area contributed by atoms with Crippen LogP contribution in [-0.2, 0) is 6.42 Å². The molecule has 24 heavy (non-hydrogen) atoms. The molecule has 0 N–H and O–H groups in total. The number of rotatable bonds is 7. The summed E-state index contributed by atoms with van der Waals surface area (Å²) in [6.45, 7) is 2.18. The molecule has 0 radical (unpaired) electrons. The molecule has 0 atom stereocenters. The number of hydrogen-bond donors (Lipinski definition) is 0. The Morgan fingerprint density at radius 3 is 1.96 bits per heavy atom. The minimum absolute atomic E-state index is 0.0428. The zero-order valence-electron chi connectivity index (χ0n) is 14.0. The summed E-state index contributed by atoms with van der Waals surface area (Å²) >= 11 is 0. The van der Waals surface area contributed by atoms with Gasteiger partial charge in [-0.1, -0.05) is 51.2 Å². The second-order valence-corrected chi connectivity index (χ2v) is 5.59. The molecule has 0 aliphatic carbocycles. The van der Waals surface area contributed by atoms with Crippen LogP contribution in [0.15, 0.2) is 18.2 Å². The van der Waals surface area contributed by atoms with Gasteiger partial charge in [-0.15, -0.1) is 0 Å². The molecule has 0 bridgehead atoms. The van der Waals surface area contributed by atoms with E-state index in [0.29, 0.717) is 10.4 Å². The van der Waals surface area contributed by atoms with E-state index in [2.05, 4.69) is 6.92 Å². The normalized spacial score (nSPS) is 9.21. The molecular weight excluding hydrogens is 296 g/mol. The van der Waals surface area contributed by atoms with Gasteiger partial charge in [0.15, 0.2) is 0 Å². The van der Waals surface area contributed by atoms with Crippen LogP contribution in [0.3, 0.4) is 0 Å². The van der Waals surface area contributed by atoms with E-state index in [1.165, 1.54) is 25.7 Å². The molecule has 0 aliphatic heterocycles. The van der Waals surface area contributed by atoms with Gasteiger partial charge in [-0.25, -0.2) is 0 Å². The van der Waals surface area contributed by atoms with Crippen LogP contribution in [0.2, 0.25) is 0 Å². The maximum Gasteiger partial charge on any atom is 0.137 e. The predicted octanol–water partition coefficient (Wildman–Crippen LogP) is 2.99. The fraction of sp³-hybridized carbons (Fsp3) is 0.400. The maximum absolute atomic E-state index is 9.12. The van der Waals surface area contributed by atoms with Gasteiger partial charge in [-0.2, -0.15) is 21.0 Å². The number of unbranched alkanes of at least 4 members (excludes halogenated alkanes) is 5. The van der Waals surface area contributed by atoms with E-state index in [0.717, 1.165) is 24.8 Å². The van der Waals surface area contributed by atoms with Crippen LogP contribution >= 0.6 is 0 Å². The summed E-state index contributed by atoms with van der Waals surface area (Å²) in [5.74, 6) is 0. The Kier molecular flexibility index (Phi) is 8.39. The van der Waals surface area contributed by atoms with Crippen molar-refractivity contribution in [2.75, 3.05) is 0 Å². The third kappa shape index (κ3) is 5.28. The molecule has 0 saturated heterocycles. The predicted molar refractivity (Wildman–Crippen MR) is 92.0 cm³/mol. The first-order valence-corrected chi connectivity index (χ1v) is 8.19. The molecule has 1 rings (SSSR count). The summed E-state index contributed by atoms with van der Waals surface area (Å²) in [6, 6.07) is 12.7. The van der Waals surface area contributed by atoms with E-state index < -0.39 is 0 Å². The van der Waals surface area contributed by atoms with Crippen LogP contribution in [0.1, 0.15) is 51.0 Å². The van der Waals surface area contributed by atoms with Gasteiger partial charge in [-0.3, -0.25) is 0 Å². The third-order valence-electron chi connectivity index (χ3n) is 3.91. The molecule has 4 heteroatoms. The van der Waals surface area contributed by atoms with E-state index >= 15 is 0 Å². The van der Waals surface area contributed by atoms with Crippen molar-refractivity contribution in [3.05, 3.63) is 34.2 Å². The van der Waals surface area contributed by atoms with Crippen LogP contribution in [0.4, 0.5) is 0 Å². The monoisotopic (exact) mass is 316 g/mol. The molecule has 120 valence electrons. The quantitative estimate of drug-likeness (QED) is 0.722. The van der Waals surface area contributed by atoms with Crippen molar-refractivity contribution in [1.29, 1.82) is 21.0 Å². The van der Waals surface area contributed by atoms with E-state index in [1.54, 1.807) is 18.2 Å². The van der Waals surface area contributed by atoms with Gasteiger partial charge in [-0.05, 0) is 24.5 Å². The lowest BCUT2D eigenvalue weighted by Crippen LogP contribution is -2.18. The molecule has 0 amide bonds. The van der Waals surface area contributed by atoms with Gasteiger partial charge in [0.1, 0.15) is 35.4 Å². The van der Waals surface area contributed by atoms with Crippen molar-refractivity contribution in [3.63, 3.8) is 0 Å². The number of nitrogens with zero attached hydrogens (tertiary/aromatic N) is 4. The Hall–Kier alpha value is -3.08. The first-order chi connectivity index (χ1) is 11.7. The van der Waals surface area contributed by atoms with Gasteiger partial charge in [0.05, 0.1) is 0 Å². The Labute approximate surface area is 143 Å². The molecule has 0 saturated carbocycles. The second-order valence-electron chi connectivity index (χ2n) is 5.59. The lowest BCUT2D eigenvalue weighted by molar-refractivity contribution is 0.607. The van der Waals surface area contributed by atoms with Crippen molar-refractivity contribution >= 4 is 11.1 Å². The number of nitriles is 4. The van der Waals surface area contributed by atoms with Gasteiger partial charge in [0, 0.05) is 10.4 Å². The summed E-state index contributed by atoms with van der Waals surface area (Å²) in [7, 11) is 0. The van der Waals surface area contributed by atoms with Crippen molar-refractivity contribution in [2.45, 2.75) is 51.9 Å². The Morgan fingerprint density at radius 2 is 1.38 bits per heavy atom. The first-order valence-electron chi connectivity index (χ1n) is 8.19. The Bertz CT molecular complexity index is 819. The van der Waals surface area contributed by atoms with E-state index in [1.807, 2.05) is 24.3 Å². The third-order valence-corrected chi connectivity index (χ3v) is 3.91. The van der Waals surface area contributed by atoms with Crippen molar-refractivity contribution in [1.82, 2.24) is 0 Å². The van der Waals surface area contributed by atoms with Crippen molar-refractivity contribution < 1.29 is 0 Å².